The number of nitrogens with one attached hydrogen (secondary N) is 1. The summed E-state index contributed by atoms with van der Waals surface area (Å²) in [6.45, 7) is 1.71. The molecule has 0 saturated heterocycles. The van der Waals surface area contributed by atoms with Gasteiger partial charge in [-0.15, -0.1) is 10.2 Å². The molecule has 0 spiro atoms. The van der Waals surface area contributed by atoms with Crippen LogP contribution in [0.4, 0.5) is 11.4 Å². The Morgan fingerprint density at radius 3 is 2.54 bits per heavy atom. The van der Waals surface area contributed by atoms with Gasteiger partial charge in [-0.05, 0) is 30.7 Å². The number of anilines is 2. The standard InChI is InChI=1S/C16H14ClN5O3S/c1-8-3-11(26(2,24)25)5-12-13(8)21-22-15(16(18)23)14(12)20-10-4-9(17)6-19-7-10/h3-7H,1-2H3,(H2,18,23)(H,20,21). The van der Waals surface area contributed by atoms with E-state index >= 15 is 0 Å². The fourth-order valence-electron chi connectivity index (χ4n) is 2.48. The van der Waals surface area contributed by atoms with Gasteiger partial charge in [-0.3, -0.25) is 9.78 Å². The van der Waals surface area contributed by atoms with Gasteiger partial charge in [0.15, 0.2) is 15.5 Å². The smallest absolute Gasteiger partial charge is 0.271 e. The Morgan fingerprint density at radius 2 is 1.92 bits per heavy atom. The van der Waals surface area contributed by atoms with Gasteiger partial charge in [0.2, 0.25) is 0 Å². The molecule has 0 aliphatic rings. The van der Waals surface area contributed by atoms with Crippen molar-refractivity contribution in [3.05, 3.63) is 46.9 Å². The number of halogens is 1. The minimum absolute atomic E-state index is 0.0955. The van der Waals surface area contributed by atoms with Crippen LogP contribution in [-0.4, -0.2) is 35.8 Å². The van der Waals surface area contributed by atoms with Crippen LogP contribution in [0.25, 0.3) is 10.9 Å². The molecule has 10 heteroatoms. The van der Waals surface area contributed by atoms with Gasteiger partial charge < -0.3 is 11.1 Å². The summed E-state index contributed by atoms with van der Waals surface area (Å²) >= 11 is 5.94. The van der Waals surface area contributed by atoms with Gasteiger partial charge in [0.05, 0.1) is 33.0 Å². The van der Waals surface area contributed by atoms with Gasteiger partial charge in [-0.1, -0.05) is 11.6 Å². The van der Waals surface area contributed by atoms with E-state index in [1.807, 2.05) is 0 Å². The lowest BCUT2D eigenvalue weighted by atomic mass is 10.1. The fourth-order valence-corrected chi connectivity index (χ4v) is 3.38. The number of aryl methyl sites for hydroxylation is 1. The molecule has 134 valence electrons. The number of amides is 1. The lowest BCUT2D eigenvalue weighted by Gasteiger charge is -2.14. The van der Waals surface area contributed by atoms with Crippen LogP contribution in [0.3, 0.4) is 0 Å². The molecule has 26 heavy (non-hydrogen) atoms. The number of nitrogens with two attached hydrogens (primary N) is 1. The summed E-state index contributed by atoms with van der Waals surface area (Å²) in [5.41, 5.74) is 7.05. The summed E-state index contributed by atoms with van der Waals surface area (Å²) in [5, 5.41) is 11.7. The molecule has 0 unspecified atom stereocenters. The van der Waals surface area contributed by atoms with Crippen LogP contribution in [0.15, 0.2) is 35.5 Å². The predicted octanol–water partition coefficient (Wildman–Crippen LogP) is 2.23. The lowest BCUT2D eigenvalue weighted by Crippen LogP contribution is -2.17. The topological polar surface area (TPSA) is 128 Å². The molecule has 2 heterocycles. The minimum Gasteiger partial charge on any atom is -0.364 e. The predicted molar refractivity (Wildman–Crippen MR) is 98.4 cm³/mol. The summed E-state index contributed by atoms with van der Waals surface area (Å²) in [5.74, 6) is -0.806. The summed E-state index contributed by atoms with van der Waals surface area (Å²) in [7, 11) is -3.47. The number of carbonyl (C=O) groups excluding carboxylic acids is 1. The van der Waals surface area contributed by atoms with E-state index in [9.17, 15) is 13.2 Å². The average molecular weight is 392 g/mol. The summed E-state index contributed by atoms with van der Waals surface area (Å²) in [6, 6.07) is 4.53. The molecule has 1 amide bonds. The van der Waals surface area contributed by atoms with Crippen molar-refractivity contribution in [1.82, 2.24) is 15.2 Å². The molecule has 0 radical (unpaired) electrons. The highest BCUT2D eigenvalue weighted by Gasteiger charge is 2.19. The number of pyridine rings is 1. The molecule has 3 N–H and O–H groups in total. The second kappa shape index (κ2) is 6.50. The number of hydrogen-bond acceptors (Lipinski definition) is 7. The van der Waals surface area contributed by atoms with E-state index in [1.54, 1.807) is 13.0 Å². The van der Waals surface area contributed by atoms with Gasteiger partial charge in [0, 0.05) is 17.8 Å². The van der Waals surface area contributed by atoms with Crippen molar-refractivity contribution >= 4 is 49.6 Å². The fraction of sp³-hybridized carbons (Fsp3) is 0.125. The normalized spacial score (nSPS) is 11.5. The van der Waals surface area contributed by atoms with E-state index in [-0.39, 0.29) is 16.3 Å². The van der Waals surface area contributed by atoms with Crippen LogP contribution in [0.5, 0.6) is 0 Å². The number of sulfone groups is 1. The molecule has 0 bridgehead atoms. The molecule has 0 aliphatic heterocycles. The Hall–Kier alpha value is -2.78. The number of aromatic nitrogens is 3. The van der Waals surface area contributed by atoms with E-state index in [1.165, 1.54) is 24.5 Å². The van der Waals surface area contributed by atoms with E-state index in [4.69, 9.17) is 17.3 Å². The van der Waals surface area contributed by atoms with E-state index < -0.39 is 15.7 Å². The number of carbonyl (C=O) groups is 1. The Labute approximate surface area is 154 Å². The van der Waals surface area contributed by atoms with E-state index in [0.29, 0.717) is 27.2 Å². The largest absolute Gasteiger partial charge is 0.364 e. The summed E-state index contributed by atoms with van der Waals surface area (Å²) < 4.78 is 24.0. The van der Waals surface area contributed by atoms with Crippen LogP contribution in [-0.2, 0) is 9.84 Å². The van der Waals surface area contributed by atoms with Gasteiger partial charge in [-0.2, -0.15) is 0 Å². The van der Waals surface area contributed by atoms with Crippen LogP contribution in [0.1, 0.15) is 16.1 Å². The quantitative estimate of drug-likeness (QED) is 0.697. The first-order valence-corrected chi connectivity index (χ1v) is 9.62. The van der Waals surface area contributed by atoms with Crippen LogP contribution >= 0.6 is 11.6 Å². The highest BCUT2D eigenvalue weighted by Crippen LogP contribution is 2.31. The lowest BCUT2D eigenvalue weighted by molar-refractivity contribution is 0.0995. The van der Waals surface area contributed by atoms with Crippen molar-refractivity contribution in [3.8, 4) is 0 Å². The molecule has 3 rings (SSSR count). The first-order valence-electron chi connectivity index (χ1n) is 7.35. The number of hydrogen-bond donors (Lipinski definition) is 2. The number of rotatable bonds is 4. The molecular weight excluding hydrogens is 378 g/mol. The van der Waals surface area contributed by atoms with Crippen molar-refractivity contribution in [2.45, 2.75) is 11.8 Å². The Kier molecular flexibility index (Phi) is 4.51. The first kappa shape index (κ1) is 18.0. The molecular formula is C16H14ClN5O3S. The Bertz CT molecular complexity index is 1150. The molecule has 0 fully saturated rings. The van der Waals surface area contributed by atoms with Crippen molar-refractivity contribution in [2.24, 2.45) is 5.73 Å². The van der Waals surface area contributed by atoms with Gasteiger partial charge in [0.1, 0.15) is 0 Å². The van der Waals surface area contributed by atoms with E-state index in [0.717, 1.165) is 6.26 Å². The monoisotopic (exact) mass is 391 g/mol. The second-order valence-corrected chi connectivity index (χ2v) is 8.17. The maximum absolute atomic E-state index is 12.0. The third-order valence-corrected chi connectivity index (χ3v) is 4.96. The zero-order valence-corrected chi connectivity index (χ0v) is 15.4. The van der Waals surface area contributed by atoms with Gasteiger partial charge >= 0.3 is 0 Å². The molecule has 0 aliphatic carbocycles. The Balaban J connectivity index is 2.34. The van der Waals surface area contributed by atoms with Crippen LogP contribution in [0, 0.1) is 6.92 Å². The summed E-state index contributed by atoms with van der Waals surface area (Å²) in [4.78, 5) is 15.9. The maximum Gasteiger partial charge on any atom is 0.271 e. The zero-order valence-electron chi connectivity index (χ0n) is 13.8. The number of benzene rings is 1. The third-order valence-electron chi connectivity index (χ3n) is 3.67. The van der Waals surface area contributed by atoms with Crippen molar-refractivity contribution in [2.75, 3.05) is 11.6 Å². The maximum atomic E-state index is 12.0. The van der Waals surface area contributed by atoms with Gasteiger partial charge in [-0.25, -0.2) is 8.42 Å². The average Bonchev–Trinajstić information content (AvgIpc) is 2.54. The molecule has 0 atom stereocenters. The highest BCUT2D eigenvalue weighted by molar-refractivity contribution is 7.90. The first-order chi connectivity index (χ1) is 12.2. The zero-order chi connectivity index (χ0) is 19.1. The van der Waals surface area contributed by atoms with E-state index in [2.05, 4.69) is 20.5 Å². The number of nitrogens with zero attached hydrogens (tertiary/aromatic N) is 3. The molecule has 8 nitrogen and oxygen atoms in total. The number of primary amides is 1. The number of fused-ring (bicyclic) bond motifs is 1. The van der Waals surface area contributed by atoms with Crippen molar-refractivity contribution < 1.29 is 13.2 Å². The SMILES string of the molecule is Cc1cc(S(C)(=O)=O)cc2c(Nc3cncc(Cl)c3)c(C(N)=O)nnc12. The third kappa shape index (κ3) is 3.44. The molecule has 1 aromatic carbocycles. The molecule has 2 aromatic heterocycles. The second-order valence-electron chi connectivity index (χ2n) is 5.71. The molecule has 0 saturated carbocycles. The highest BCUT2D eigenvalue weighted by atomic mass is 35.5. The molecule has 3 aromatic rings. The minimum atomic E-state index is -3.47. The van der Waals surface area contributed by atoms with Crippen LogP contribution in [0.2, 0.25) is 5.02 Å². The van der Waals surface area contributed by atoms with Crippen LogP contribution < -0.4 is 11.1 Å². The van der Waals surface area contributed by atoms with Gasteiger partial charge in [0.25, 0.3) is 5.91 Å². The van der Waals surface area contributed by atoms with Crippen molar-refractivity contribution in [3.63, 3.8) is 0 Å². The summed E-state index contributed by atoms with van der Waals surface area (Å²) in [6.07, 6.45) is 4.05. The van der Waals surface area contributed by atoms with Crippen molar-refractivity contribution in [1.29, 1.82) is 0 Å². The Morgan fingerprint density at radius 1 is 1.19 bits per heavy atom.